The Kier molecular flexibility index (Phi) is 5.13. The van der Waals surface area contributed by atoms with Gasteiger partial charge in [-0.1, -0.05) is 29.8 Å². The van der Waals surface area contributed by atoms with Gasteiger partial charge in [0.1, 0.15) is 5.82 Å². The molecule has 1 N–H and O–H groups in total. The van der Waals surface area contributed by atoms with Gasteiger partial charge in [0.05, 0.1) is 6.54 Å². The van der Waals surface area contributed by atoms with Crippen LogP contribution in [0, 0.1) is 6.92 Å². The van der Waals surface area contributed by atoms with Gasteiger partial charge >= 0.3 is 6.03 Å². The molecule has 2 heterocycles. The molecule has 0 unspecified atom stereocenters. The van der Waals surface area contributed by atoms with Gasteiger partial charge in [0, 0.05) is 21.8 Å². The van der Waals surface area contributed by atoms with Crippen LogP contribution in [0.4, 0.5) is 16.3 Å². The molecule has 3 aromatic rings. The predicted octanol–water partition coefficient (Wildman–Crippen LogP) is 5.34. The minimum Gasteiger partial charge on any atom is -0.307 e. The lowest BCUT2D eigenvalue weighted by atomic mass is 10.2. The van der Waals surface area contributed by atoms with Crippen molar-refractivity contribution in [2.75, 3.05) is 10.2 Å². The summed E-state index contributed by atoms with van der Waals surface area (Å²) >= 11 is 7.60. The number of carbonyl (C=O) groups excluding carboxylic acids is 1. The number of rotatable bonds is 4. The first-order chi connectivity index (χ1) is 11.6. The van der Waals surface area contributed by atoms with Gasteiger partial charge in [-0.05, 0) is 48.2 Å². The maximum atomic E-state index is 12.8. The summed E-state index contributed by atoms with van der Waals surface area (Å²) in [4.78, 5) is 19.9. The smallest absolute Gasteiger partial charge is 0.307 e. The first-order valence-electron chi connectivity index (χ1n) is 7.41. The standard InChI is InChI=1S/C18H16ClN3OS/c1-13-5-3-9-20-17(13)22(12-16-8-4-10-24-16)18(23)21-15-7-2-6-14(19)11-15/h2-11H,12H2,1H3,(H,21,23). The number of thiophene rings is 1. The zero-order chi connectivity index (χ0) is 16.9. The number of carbonyl (C=O) groups is 1. The average Bonchev–Trinajstić information content (AvgIpc) is 3.06. The number of aryl methyl sites for hydroxylation is 1. The SMILES string of the molecule is Cc1cccnc1N(Cc1cccs1)C(=O)Nc1cccc(Cl)c1. The average molecular weight is 358 g/mol. The van der Waals surface area contributed by atoms with Crippen molar-refractivity contribution in [3.05, 3.63) is 75.6 Å². The van der Waals surface area contributed by atoms with Crippen molar-refractivity contribution in [3.8, 4) is 0 Å². The molecule has 6 heteroatoms. The highest BCUT2D eigenvalue weighted by Crippen LogP contribution is 2.23. The Bertz CT molecular complexity index is 836. The zero-order valence-electron chi connectivity index (χ0n) is 13.1. The predicted molar refractivity (Wildman–Crippen MR) is 99.9 cm³/mol. The van der Waals surface area contributed by atoms with Crippen molar-refractivity contribution in [2.24, 2.45) is 0 Å². The molecule has 2 amide bonds. The summed E-state index contributed by atoms with van der Waals surface area (Å²) in [5, 5.41) is 5.46. The first-order valence-corrected chi connectivity index (χ1v) is 8.67. The second-order valence-electron chi connectivity index (χ2n) is 5.25. The van der Waals surface area contributed by atoms with Gasteiger partial charge in [-0.25, -0.2) is 9.78 Å². The van der Waals surface area contributed by atoms with Crippen LogP contribution in [0.3, 0.4) is 0 Å². The van der Waals surface area contributed by atoms with Crippen molar-refractivity contribution < 1.29 is 4.79 Å². The number of benzene rings is 1. The Balaban J connectivity index is 1.89. The fourth-order valence-corrected chi connectivity index (χ4v) is 3.20. The molecule has 0 aliphatic rings. The summed E-state index contributed by atoms with van der Waals surface area (Å²) in [6.07, 6.45) is 1.69. The Morgan fingerprint density at radius 1 is 1.25 bits per heavy atom. The zero-order valence-corrected chi connectivity index (χ0v) is 14.6. The third-order valence-electron chi connectivity index (χ3n) is 3.45. The van der Waals surface area contributed by atoms with Crippen molar-refractivity contribution >= 4 is 40.5 Å². The summed E-state index contributed by atoms with van der Waals surface area (Å²) in [6.45, 7) is 2.40. The van der Waals surface area contributed by atoms with E-state index < -0.39 is 0 Å². The van der Waals surface area contributed by atoms with E-state index in [0.29, 0.717) is 23.1 Å². The molecular formula is C18H16ClN3OS. The normalized spacial score (nSPS) is 10.4. The summed E-state index contributed by atoms with van der Waals surface area (Å²) < 4.78 is 0. The van der Waals surface area contributed by atoms with Crippen LogP contribution in [0.1, 0.15) is 10.4 Å². The van der Waals surface area contributed by atoms with E-state index in [-0.39, 0.29) is 6.03 Å². The van der Waals surface area contributed by atoms with E-state index in [1.807, 2.05) is 36.6 Å². The van der Waals surface area contributed by atoms with Crippen molar-refractivity contribution in [1.29, 1.82) is 0 Å². The maximum absolute atomic E-state index is 12.8. The largest absolute Gasteiger partial charge is 0.327 e. The number of hydrogen-bond donors (Lipinski definition) is 1. The molecule has 2 aromatic heterocycles. The number of aromatic nitrogens is 1. The molecule has 4 nitrogen and oxygen atoms in total. The molecule has 0 fully saturated rings. The highest BCUT2D eigenvalue weighted by Gasteiger charge is 2.20. The lowest BCUT2D eigenvalue weighted by molar-refractivity contribution is 0.256. The molecule has 24 heavy (non-hydrogen) atoms. The number of pyridine rings is 1. The molecule has 0 saturated heterocycles. The summed E-state index contributed by atoms with van der Waals surface area (Å²) in [5.41, 5.74) is 1.59. The number of hydrogen-bond acceptors (Lipinski definition) is 3. The summed E-state index contributed by atoms with van der Waals surface area (Å²) in [5.74, 6) is 0.644. The highest BCUT2D eigenvalue weighted by molar-refractivity contribution is 7.09. The Hall–Kier alpha value is -2.37. The van der Waals surface area contributed by atoms with Crippen molar-refractivity contribution in [3.63, 3.8) is 0 Å². The highest BCUT2D eigenvalue weighted by atomic mass is 35.5. The van der Waals surface area contributed by atoms with Gasteiger partial charge in [-0.15, -0.1) is 11.3 Å². The maximum Gasteiger partial charge on any atom is 0.327 e. The van der Waals surface area contributed by atoms with E-state index in [2.05, 4.69) is 10.3 Å². The van der Waals surface area contributed by atoms with E-state index in [1.54, 1.807) is 46.7 Å². The van der Waals surface area contributed by atoms with Crippen LogP contribution in [0.15, 0.2) is 60.1 Å². The van der Waals surface area contributed by atoms with Crippen LogP contribution < -0.4 is 10.2 Å². The van der Waals surface area contributed by atoms with Gasteiger partial charge in [0.15, 0.2) is 0 Å². The van der Waals surface area contributed by atoms with Crippen LogP contribution in [-0.2, 0) is 6.54 Å². The lowest BCUT2D eigenvalue weighted by Crippen LogP contribution is -2.35. The molecule has 0 bridgehead atoms. The molecule has 0 atom stereocenters. The number of halogens is 1. The van der Waals surface area contributed by atoms with Gasteiger partial charge in [0.2, 0.25) is 0 Å². The third kappa shape index (κ3) is 3.93. The van der Waals surface area contributed by atoms with E-state index in [1.165, 1.54) is 0 Å². The molecule has 0 aliphatic heterocycles. The molecule has 0 saturated carbocycles. The molecule has 1 aromatic carbocycles. The third-order valence-corrected chi connectivity index (χ3v) is 4.55. The fourth-order valence-electron chi connectivity index (χ4n) is 2.32. The van der Waals surface area contributed by atoms with Crippen LogP contribution in [0.25, 0.3) is 0 Å². The minimum absolute atomic E-state index is 0.243. The van der Waals surface area contributed by atoms with E-state index in [4.69, 9.17) is 11.6 Å². The summed E-state index contributed by atoms with van der Waals surface area (Å²) in [7, 11) is 0. The molecule has 0 radical (unpaired) electrons. The second kappa shape index (κ2) is 7.47. The van der Waals surface area contributed by atoms with E-state index in [9.17, 15) is 4.79 Å². The van der Waals surface area contributed by atoms with Crippen LogP contribution >= 0.6 is 22.9 Å². The van der Waals surface area contributed by atoms with Crippen molar-refractivity contribution in [1.82, 2.24) is 4.98 Å². The lowest BCUT2D eigenvalue weighted by Gasteiger charge is -2.23. The molecule has 3 rings (SSSR count). The molecule has 0 aliphatic carbocycles. The van der Waals surface area contributed by atoms with Gasteiger partial charge in [0.25, 0.3) is 0 Å². The molecule has 0 spiro atoms. The number of nitrogens with one attached hydrogen (secondary N) is 1. The van der Waals surface area contributed by atoms with E-state index >= 15 is 0 Å². The van der Waals surface area contributed by atoms with Gasteiger partial charge < -0.3 is 5.32 Å². The molecule has 122 valence electrons. The van der Waals surface area contributed by atoms with Gasteiger partial charge in [-0.2, -0.15) is 0 Å². The van der Waals surface area contributed by atoms with Crippen LogP contribution in [0.5, 0.6) is 0 Å². The Labute approximate surface area is 149 Å². The topological polar surface area (TPSA) is 45.2 Å². The Morgan fingerprint density at radius 3 is 2.83 bits per heavy atom. The second-order valence-corrected chi connectivity index (χ2v) is 6.72. The number of anilines is 2. The first kappa shape index (κ1) is 16.5. The molecular weight excluding hydrogens is 342 g/mol. The minimum atomic E-state index is -0.243. The monoisotopic (exact) mass is 357 g/mol. The van der Waals surface area contributed by atoms with Gasteiger partial charge in [-0.3, -0.25) is 4.90 Å². The quantitative estimate of drug-likeness (QED) is 0.684. The number of nitrogens with zero attached hydrogens (tertiary/aromatic N) is 2. The number of urea groups is 1. The van der Waals surface area contributed by atoms with Crippen LogP contribution in [0.2, 0.25) is 5.02 Å². The fraction of sp³-hybridized carbons (Fsp3) is 0.111. The summed E-state index contributed by atoms with van der Waals surface area (Å²) in [6, 6.07) is 14.6. The van der Waals surface area contributed by atoms with Crippen LogP contribution in [-0.4, -0.2) is 11.0 Å². The Morgan fingerprint density at radius 2 is 2.12 bits per heavy atom. The van der Waals surface area contributed by atoms with Crippen molar-refractivity contribution in [2.45, 2.75) is 13.5 Å². The number of amides is 2. The van der Waals surface area contributed by atoms with E-state index in [0.717, 1.165) is 10.4 Å².